The number of anilines is 1. The lowest BCUT2D eigenvalue weighted by Crippen LogP contribution is -2.30. The van der Waals surface area contributed by atoms with E-state index in [2.05, 4.69) is 32.4 Å². The van der Waals surface area contributed by atoms with Gasteiger partial charge >= 0.3 is 7.12 Å². The Labute approximate surface area is 180 Å². The van der Waals surface area contributed by atoms with Gasteiger partial charge in [-0.3, -0.25) is 4.57 Å². The van der Waals surface area contributed by atoms with E-state index in [-0.39, 0.29) is 0 Å². The van der Waals surface area contributed by atoms with Gasteiger partial charge in [0.1, 0.15) is 5.82 Å². The van der Waals surface area contributed by atoms with Gasteiger partial charge in [0.05, 0.1) is 12.1 Å². The Morgan fingerprint density at radius 2 is 1.84 bits per heavy atom. The van der Waals surface area contributed by atoms with Crippen LogP contribution in [0.25, 0.3) is 16.9 Å². The molecule has 2 aromatic carbocycles. The summed E-state index contributed by atoms with van der Waals surface area (Å²) in [7, 11) is 0.186. The number of nitrogens with one attached hydrogen (secondary N) is 1. The molecule has 4 rings (SSSR count). The minimum atomic E-state index is -1.50. The van der Waals surface area contributed by atoms with E-state index in [0.29, 0.717) is 36.3 Å². The van der Waals surface area contributed by atoms with Crippen molar-refractivity contribution in [3.8, 4) is 5.95 Å². The van der Waals surface area contributed by atoms with Gasteiger partial charge in [0.15, 0.2) is 0 Å². The van der Waals surface area contributed by atoms with Gasteiger partial charge in [0, 0.05) is 24.7 Å². The Morgan fingerprint density at radius 1 is 1.03 bits per heavy atom. The van der Waals surface area contributed by atoms with Crippen molar-refractivity contribution in [1.82, 2.24) is 19.5 Å². The first-order valence-corrected chi connectivity index (χ1v) is 9.97. The van der Waals surface area contributed by atoms with Crippen LogP contribution >= 0.6 is 0 Å². The molecule has 0 aliphatic rings. The highest BCUT2D eigenvalue weighted by Gasteiger charge is 2.15. The molecule has 158 valence electrons. The Balaban J connectivity index is 1.67. The van der Waals surface area contributed by atoms with Gasteiger partial charge in [-0.25, -0.2) is 0 Å². The molecule has 0 saturated heterocycles. The third-order valence-electron chi connectivity index (χ3n) is 5.06. The van der Waals surface area contributed by atoms with E-state index in [9.17, 15) is 10.0 Å². The average molecular weight is 417 g/mol. The van der Waals surface area contributed by atoms with Crippen molar-refractivity contribution in [2.45, 2.75) is 27.0 Å². The summed E-state index contributed by atoms with van der Waals surface area (Å²) in [5.41, 5.74) is 4.45. The van der Waals surface area contributed by atoms with Crippen LogP contribution in [0.5, 0.6) is 0 Å². The number of nitrogens with zero attached hydrogens (tertiary/aromatic N) is 4. The number of benzene rings is 2. The second kappa shape index (κ2) is 8.85. The smallest absolute Gasteiger partial charge is 0.423 e. The lowest BCUT2D eigenvalue weighted by Gasteiger charge is -2.11. The van der Waals surface area contributed by atoms with Crippen LogP contribution in [0.1, 0.15) is 22.6 Å². The molecule has 2 heterocycles. The highest BCUT2D eigenvalue weighted by Crippen LogP contribution is 2.26. The van der Waals surface area contributed by atoms with Crippen LogP contribution in [0.2, 0.25) is 0 Å². The van der Waals surface area contributed by atoms with Crippen LogP contribution in [0.3, 0.4) is 0 Å². The average Bonchev–Trinajstić information content (AvgIpc) is 3.09. The number of hydrogen-bond acceptors (Lipinski definition) is 7. The van der Waals surface area contributed by atoms with E-state index in [4.69, 9.17) is 4.74 Å². The molecule has 0 fully saturated rings. The maximum Gasteiger partial charge on any atom is 0.488 e. The van der Waals surface area contributed by atoms with Crippen molar-refractivity contribution in [3.63, 3.8) is 0 Å². The van der Waals surface area contributed by atoms with Crippen LogP contribution < -0.4 is 10.8 Å². The molecule has 2 aromatic heterocycles. The van der Waals surface area contributed by atoms with Crippen LogP contribution in [-0.2, 0) is 17.9 Å². The first-order chi connectivity index (χ1) is 15.0. The first-order valence-electron chi connectivity index (χ1n) is 9.97. The fourth-order valence-corrected chi connectivity index (χ4v) is 3.66. The zero-order chi connectivity index (χ0) is 22.0. The highest BCUT2D eigenvalue weighted by atomic mass is 16.5. The second-order valence-corrected chi connectivity index (χ2v) is 7.38. The number of methoxy groups -OCH3 is 1. The number of fused-ring (bicyclic) bond motifs is 1. The minimum absolute atomic E-state index is 0.437. The van der Waals surface area contributed by atoms with Crippen LogP contribution in [0.15, 0.2) is 48.5 Å². The molecule has 31 heavy (non-hydrogen) atoms. The van der Waals surface area contributed by atoms with Gasteiger partial charge in [0.25, 0.3) is 0 Å². The van der Waals surface area contributed by atoms with Gasteiger partial charge in [-0.05, 0) is 42.6 Å². The Kier molecular flexibility index (Phi) is 5.99. The monoisotopic (exact) mass is 417 g/mol. The molecule has 0 spiro atoms. The third kappa shape index (κ3) is 4.43. The Bertz CT molecular complexity index is 1230. The molecule has 0 saturated carbocycles. The quantitative estimate of drug-likeness (QED) is 0.395. The molecule has 0 aliphatic carbocycles. The predicted molar refractivity (Wildman–Crippen MR) is 120 cm³/mol. The summed E-state index contributed by atoms with van der Waals surface area (Å²) >= 11 is 0. The molecule has 0 aliphatic heterocycles. The maximum atomic E-state index is 9.37. The summed E-state index contributed by atoms with van der Waals surface area (Å²) in [4.78, 5) is 13.6. The second-order valence-electron chi connectivity index (χ2n) is 7.38. The summed E-state index contributed by atoms with van der Waals surface area (Å²) in [6, 6.07) is 15.3. The molecule has 8 nitrogen and oxygen atoms in total. The number of ether oxygens (including phenoxy) is 1. The zero-order valence-corrected chi connectivity index (χ0v) is 17.7. The van der Waals surface area contributed by atoms with Crippen molar-refractivity contribution < 1.29 is 14.8 Å². The van der Waals surface area contributed by atoms with Gasteiger partial charge in [-0.15, -0.1) is 0 Å². The Morgan fingerprint density at radius 3 is 2.61 bits per heavy atom. The van der Waals surface area contributed by atoms with E-state index >= 15 is 0 Å². The summed E-state index contributed by atoms with van der Waals surface area (Å²) in [5.74, 6) is 1.59. The molecule has 4 aromatic rings. The molecular formula is C22H24BN5O3. The van der Waals surface area contributed by atoms with Crippen molar-refractivity contribution >= 4 is 29.4 Å². The number of rotatable bonds is 7. The van der Waals surface area contributed by atoms with Crippen LogP contribution in [0, 0.1) is 13.8 Å². The van der Waals surface area contributed by atoms with Crippen molar-refractivity contribution in [3.05, 3.63) is 71.2 Å². The highest BCUT2D eigenvalue weighted by molar-refractivity contribution is 6.58. The molecule has 0 amide bonds. The molecule has 0 bridgehead atoms. The fourth-order valence-electron chi connectivity index (χ4n) is 3.66. The van der Waals surface area contributed by atoms with Gasteiger partial charge in [0.2, 0.25) is 11.9 Å². The standard InChI is InChI=1S/C22H24BN5O3/c1-14-10-19-17(13-31-3)7-5-9-20(19)28(14)22-26-15(2)25-21(27-22)24-12-16-6-4-8-18(11-16)23(29)30/h4-11,29-30H,12-13H2,1-3H3,(H,24,25,26,27). The largest absolute Gasteiger partial charge is 0.488 e. The lowest BCUT2D eigenvalue weighted by molar-refractivity contribution is 0.186. The molecular weight excluding hydrogens is 393 g/mol. The number of aryl methyl sites for hydroxylation is 2. The minimum Gasteiger partial charge on any atom is -0.423 e. The predicted octanol–water partition coefficient (Wildman–Crippen LogP) is 1.87. The third-order valence-corrected chi connectivity index (χ3v) is 5.06. The van der Waals surface area contributed by atoms with Gasteiger partial charge in [-0.2, -0.15) is 15.0 Å². The topological polar surface area (TPSA) is 105 Å². The summed E-state index contributed by atoms with van der Waals surface area (Å²) in [6.45, 7) is 4.82. The number of hydrogen-bond donors (Lipinski definition) is 3. The van der Waals surface area contributed by atoms with Gasteiger partial charge < -0.3 is 20.1 Å². The first kappa shape index (κ1) is 21.0. The molecule has 0 unspecified atom stereocenters. The van der Waals surface area contributed by atoms with Crippen molar-refractivity contribution in [1.29, 1.82) is 0 Å². The summed E-state index contributed by atoms with van der Waals surface area (Å²) in [5, 5.41) is 23.1. The van der Waals surface area contributed by atoms with E-state index < -0.39 is 7.12 Å². The molecule has 3 N–H and O–H groups in total. The zero-order valence-electron chi connectivity index (χ0n) is 17.7. The van der Waals surface area contributed by atoms with E-state index in [1.165, 1.54) is 0 Å². The van der Waals surface area contributed by atoms with E-state index in [0.717, 1.165) is 27.7 Å². The van der Waals surface area contributed by atoms with E-state index in [1.54, 1.807) is 25.3 Å². The normalized spacial score (nSPS) is 11.1. The van der Waals surface area contributed by atoms with Gasteiger partial charge in [-0.1, -0.05) is 36.4 Å². The molecule has 0 atom stereocenters. The lowest BCUT2D eigenvalue weighted by atomic mass is 9.80. The SMILES string of the molecule is COCc1cccc2c1cc(C)n2-c1nc(C)nc(NCc2cccc(B(O)O)c2)n1. The van der Waals surface area contributed by atoms with E-state index in [1.807, 2.05) is 36.6 Å². The summed E-state index contributed by atoms with van der Waals surface area (Å²) < 4.78 is 7.35. The van der Waals surface area contributed by atoms with Crippen LogP contribution in [0.4, 0.5) is 5.95 Å². The maximum absolute atomic E-state index is 9.37. The Hall–Kier alpha value is -3.27. The van der Waals surface area contributed by atoms with Crippen molar-refractivity contribution in [2.75, 3.05) is 12.4 Å². The molecule has 9 heteroatoms. The fraction of sp³-hybridized carbons (Fsp3) is 0.227. The summed E-state index contributed by atoms with van der Waals surface area (Å²) in [6.07, 6.45) is 0. The molecule has 0 radical (unpaired) electrons. The number of aromatic nitrogens is 4. The van der Waals surface area contributed by atoms with Crippen LogP contribution in [-0.4, -0.2) is 43.8 Å². The van der Waals surface area contributed by atoms with Crippen molar-refractivity contribution in [2.24, 2.45) is 0 Å².